The highest BCUT2D eigenvalue weighted by atomic mass is 16.5. The lowest BCUT2D eigenvalue weighted by molar-refractivity contribution is 0.0950. The molecule has 0 atom stereocenters. The first-order valence-electron chi connectivity index (χ1n) is 8.70. The second-order valence-electron chi connectivity index (χ2n) is 6.28. The average Bonchev–Trinajstić information content (AvgIpc) is 3.15. The fourth-order valence-electron chi connectivity index (χ4n) is 2.52. The summed E-state index contributed by atoms with van der Waals surface area (Å²) in [6.07, 6.45) is 0.0942. The van der Waals surface area contributed by atoms with Crippen LogP contribution in [0.5, 0.6) is 11.5 Å². The Kier molecular flexibility index (Phi) is 5.76. The van der Waals surface area contributed by atoms with E-state index in [1.807, 2.05) is 44.2 Å². The van der Waals surface area contributed by atoms with Crippen molar-refractivity contribution < 1.29 is 18.8 Å². The number of rotatable bonds is 7. The summed E-state index contributed by atoms with van der Waals surface area (Å²) in [5, 5.41) is 6.84. The van der Waals surface area contributed by atoms with Gasteiger partial charge >= 0.3 is 0 Å². The van der Waals surface area contributed by atoms with Crippen molar-refractivity contribution in [2.75, 3.05) is 7.11 Å². The van der Waals surface area contributed by atoms with E-state index in [1.54, 1.807) is 31.4 Å². The minimum atomic E-state index is -0.180. The van der Waals surface area contributed by atoms with Crippen LogP contribution in [0.25, 0.3) is 11.3 Å². The van der Waals surface area contributed by atoms with E-state index in [0.717, 1.165) is 17.1 Å². The molecule has 0 aliphatic heterocycles. The van der Waals surface area contributed by atoms with Gasteiger partial charge in [-0.05, 0) is 62.4 Å². The minimum Gasteiger partial charge on any atom is -0.497 e. The molecule has 3 aromatic rings. The number of nitrogens with one attached hydrogen (secondary N) is 1. The summed E-state index contributed by atoms with van der Waals surface area (Å²) in [7, 11) is 1.62. The second-order valence-corrected chi connectivity index (χ2v) is 6.28. The topological polar surface area (TPSA) is 73.6 Å². The normalized spacial score (nSPS) is 10.7. The number of hydrogen-bond acceptors (Lipinski definition) is 5. The van der Waals surface area contributed by atoms with Gasteiger partial charge in [-0.25, -0.2) is 0 Å². The number of benzene rings is 2. The Hall–Kier alpha value is -3.28. The Labute approximate surface area is 158 Å². The van der Waals surface area contributed by atoms with Crippen LogP contribution in [0.3, 0.4) is 0 Å². The molecule has 2 aromatic carbocycles. The lowest BCUT2D eigenvalue weighted by Crippen LogP contribution is -2.22. The second kappa shape index (κ2) is 8.40. The Bertz CT molecular complexity index is 883. The highest BCUT2D eigenvalue weighted by Gasteiger charge is 2.10. The van der Waals surface area contributed by atoms with Gasteiger partial charge in [-0.15, -0.1) is 0 Å². The smallest absolute Gasteiger partial charge is 0.251 e. The Balaban J connectivity index is 1.58. The van der Waals surface area contributed by atoms with Crippen molar-refractivity contribution in [3.05, 3.63) is 65.9 Å². The molecule has 1 aromatic heterocycles. The minimum absolute atomic E-state index is 0.0942. The zero-order valence-corrected chi connectivity index (χ0v) is 15.6. The predicted octanol–water partition coefficient (Wildman–Crippen LogP) is 4.07. The predicted molar refractivity (Wildman–Crippen MR) is 102 cm³/mol. The van der Waals surface area contributed by atoms with E-state index in [0.29, 0.717) is 17.0 Å². The first-order valence-corrected chi connectivity index (χ1v) is 8.70. The van der Waals surface area contributed by atoms with E-state index in [1.165, 1.54) is 0 Å². The summed E-state index contributed by atoms with van der Waals surface area (Å²) in [5.74, 6) is 1.97. The van der Waals surface area contributed by atoms with Gasteiger partial charge in [-0.1, -0.05) is 5.16 Å². The summed E-state index contributed by atoms with van der Waals surface area (Å²) in [6, 6.07) is 16.3. The molecule has 140 valence electrons. The fraction of sp³-hybridized carbons (Fsp3) is 0.238. The van der Waals surface area contributed by atoms with Gasteiger partial charge in [0, 0.05) is 17.2 Å². The Morgan fingerprint density at radius 1 is 1.07 bits per heavy atom. The number of carbonyl (C=O) groups excluding carboxylic acids is 1. The molecule has 0 bridgehead atoms. The Morgan fingerprint density at radius 3 is 2.37 bits per heavy atom. The summed E-state index contributed by atoms with van der Waals surface area (Å²) >= 11 is 0. The third-order valence-electron chi connectivity index (χ3n) is 3.85. The Morgan fingerprint density at radius 2 is 1.74 bits per heavy atom. The maximum absolute atomic E-state index is 12.3. The van der Waals surface area contributed by atoms with Crippen LogP contribution in [0.15, 0.2) is 59.1 Å². The van der Waals surface area contributed by atoms with Gasteiger partial charge in [-0.2, -0.15) is 0 Å². The first-order chi connectivity index (χ1) is 13.0. The maximum Gasteiger partial charge on any atom is 0.251 e. The van der Waals surface area contributed by atoms with E-state index in [9.17, 15) is 4.79 Å². The number of ether oxygens (including phenoxy) is 2. The maximum atomic E-state index is 12.3. The number of methoxy groups -OCH3 is 1. The molecule has 0 radical (unpaired) electrons. The molecule has 0 aliphatic rings. The van der Waals surface area contributed by atoms with Crippen LogP contribution in [0.4, 0.5) is 0 Å². The molecule has 1 heterocycles. The van der Waals surface area contributed by atoms with E-state index < -0.39 is 0 Å². The van der Waals surface area contributed by atoms with E-state index in [-0.39, 0.29) is 18.6 Å². The molecule has 0 saturated carbocycles. The van der Waals surface area contributed by atoms with Gasteiger partial charge < -0.3 is 19.3 Å². The molecule has 1 amide bonds. The van der Waals surface area contributed by atoms with Gasteiger partial charge in [0.25, 0.3) is 5.91 Å². The number of carbonyl (C=O) groups is 1. The van der Waals surface area contributed by atoms with Crippen molar-refractivity contribution in [1.82, 2.24) is 10.5 Å². The van der Waals surface area contributed by atoms with Gasteiger partial charge in [0.1, 0.15) is 17.2 Å². The first kappa shape index (κ1) is 18.5. The molecule has 1 N–H and O–H groups in total. The summed E-state index contributed by atoms with van der Waals surface area (Å²) in [4.78, 5) is 12.3. The third-order valence-corrected chi connectivity index (χ3v) is 3.85. The zero-order chi connectivity index (χ0) is 19.2. The van der Waals surface area contributed by atoms with Crippen LogP contribution < -0.4 is 14.8 Å². The molecule has 0 saturated heterocycles. The molecule has 6 nitrogen and oxygen atoms in total. The van der Waals surface area contributed by atoms with Gasteiger partial charge in [0.15, 0.2) is 5.76 Å². The van der Waals surface area contributed by atoms with Crippen LogP contribution in [-0.2, 0) is 6.54 Å². The summed E-state index contributed by atoms with van der Waals surface area (Å²) < 4.78 is 16.1. The van der Waals surface area contributed by atoms with E-state index >= 15 is 0 Å². The quantitative estimate of drug-likeness (QED) is 0.682. The number of nitrogens with zero attached hydrogens (tertiary/aromatic N) is 1. The van der Waals surface area contributed by atoms with Crippen molar-refractivity contribution in [2.45, 2.75) is 26.5 Å². The lowest BCUT2D eigenvalue weighted by atomic mass is 10.1. The molecular formula is C21H22N2O4. The molecule has 0 spiro atoms. The number of hydrogen-bond donors (Lipinski definition) is 1. The van der Waals surface area contributed by atoms with E-state index in [2.05, 4.69) is 10.5 Å². The molecule has 0 fully saturated rings. The van der Waals surface area contributed by atoms with Crippen molar-refractivity contribution in [3.8, 4) is 22.8 Å². The van der Waals surface area contributed by atoms with Crippen molar-refractivity contribution >= 4 is 5.91 Å². The van der Waals surface area contributed by atoms with Crippen LogP contribution in [-0.4, -0.2) is 24.3 Å². The monoisotopic (exact) mass is 366 g/mol. The van der Waals surface area contributed by atoms with Crippen molar-refractivity contribution in [2.24, 2.45) is 0 Å². The molecule has 27 heavy (non-hydrogen) atoms. The van der Waals surface area contributed by atoms with Crippen molar-refractivity contribution in [1.29, 1.82) is 0 Å². The molecule has 0 aliphatic carbocycles. The number of aromatic nitrogens is 1. The van der Waals surface area contributed by atoms with Crippen molar-refractivity contribution in [3.63, 3.8) is 0 Å². The fourth-order valence-corrected chi connectivity index (χ4v) is 2.52. The number of amides is 1. The van der Waals surface area contributed by atoms with Crippen LogP contribution >= 0.6 is 0 Å². The highest BCUT2D eigenvalue weighted by molar-refractivity contribution is 5.94. The zero-order valence-electron chi connectivity index (χ0n) is 15.6. The highest BCUT2D eigenvalue weighted by Crippen LogP contribution is 2.23. The van der Waals surface area contributed by atoms with Gasteiger partial charge in [0.2, 0.25) is 0 Å². The van der Waals surface area contributed by atoms with Crippen LogP contribution in [0.1, 0.15) is 29.9 Å². The SMILES string of the molecule is COc1ccc(-c2cc(CNC(=O)c3ccc(OC(C)C)cc3)no2)cc1. The molecule has 6 heteroatoms. The van der Waals surface area contributed by atoms with Crippen LogP contribution in [0, 0.1) is 0 Å². The average molecular weight is 366 g/mol. The van der Waals surface area contributed by atoms with Gasteiger partial charge in [0.05, 0.1) is 19.8 Å². The van der Waals surface area contributed by atoms with Gasteiger partial charge in [-0.3, -0.25) is 4.79 Å². The summed E-state index contributed by atoms with van der Waals surface area (Å²) in [6.45, 7) is 4.19. The van der Waals surface area contributed by atoms with Crippen LogP contribution in [0.2, 0.25) is 0 Å². The lowest BCUT2D eigenvalue weighted by Gasteiger charge is -2.10. The molecule has 0 unspecified atom stereocenters. The molecular weight excluding hydrogens is 344 g/mol. The largest absolute Gasteiger partial charge is 0.497 e. The summed E-state index contributed by atoms with van der Waals surface area (Å²) in [5.41, 5.74) is 2.10. The van der Waals surface area contributed by atoms with E-state index in [4.69, 9.17) is 14.0 Å². The molecule has 3 rings (SSSR count). The standard InChI is InChI=1S/C21H22N2O4/c1-14(2)26-19-10-6-16(7-11-19)21(24)22-13-17-12-20(27-23-17)15-4-8-18(25-3)9-5-15/h4-12,14H,13H2,1-3H3,(H,22,24). The third kappa shape index (κ3) is 4.88.